The highest BCUT2D eigenvalue weighted by molar-refractivity contribution is 6.30. The van der Waals surface area contributed by atoms with Gasteiger partial charge in [-0.05, 0) is 13.3 Å². The highest BCUT2D eigenvalue weighted by Crippen LogP contribution is 2.28. The zero-order chi connectivity index (χ0) is 8.72. The number of hydrogen-bond donors (Lipinski definition) is 0. The SMILES string of the molecule is C[C@H](Cl)C(=O)N1C[C@H]2C[C@H]1CO2. The maximum absolute atomic E-state index is 11.5. The molecular weight excluding hydrogens is 178 g/mol. The molecule has 2 aliphatic rings. The summed E-state index contributed by atoms with van der Waals surface area (Å²) in [7, 11) is 0. The van der Waals surface area contributed by atoms with E-state index in [2.05, 4.69) is 0 Å². The average Bonchev–Trinajstić information content (AvgIpc) is 2.62. The normalized spacial score (nSPS) is 35.7. The Hall–Kier alpha value is -0.280. The van der Waals surface area contributed by atoms with Crippen molar-refractivity contribution in [3.63, 3.8) is 0 Å². The molecule has 2 bridgehead atoms. The Morgan fingerprint density at radius 2 is 2.50 bits per heavy atom. The summed E-state index contributed by atoms with van der Waals surface area (Å²) in [6.07, 6.45) is 1.27. The van der Waals surface area contributed by atoms with Crippen LogP contribution >= 0.6 is 11.6 Å². The zero-order valence-corrected chi connectivity index (χ0v) is 7.75. The fraction of sp³-hybridized carbons (Fsp3) is 0.875. The average molecular weight is 190 g/mol. The lowest BCUT2D eigenvalue weighted by atomic mass is 10.2. The molecule has 0 spiro atoms. The minimum absolute atomic E-state index is 0.0486. The van der Waals surface area contributed by atoms with Crippen molar-refractivity contribution in [1.29, 1.82) is 0 Å². The second kappa shape index (κ2) is 2.89. The number of hydrogen-bond acceptors (Lipinski definition) is 2. The van der Waals surface area contributed by atoms with Crippen molar-refractivity contribution in [2.45, 2.75) is 30.9 Å². The molecule has 0 saturated carbocycles. The van der Waals surface area contributed by atoms with Gasteiger partial charge in [-0.1, -0.05) is 0 Å². The van der Waals surface area contributed by atoms with Gasteiger partial charge in [0.25, 0.3) is 0 Å². The molecule has 0 N–H and O–H groups in total. The number of fused-ring (bicyclic) bond motifs is 2. The molecule has 0 unspecified atom stereocenters. The van der Waals surface area contributed by atoms with Gasteiger partial charge in [0, 0.05) is 6.54 Å². The molecule has 3 nitrogen and oxygen atoms in total. The first-order valence-electron chi connectivity index (χ1n) is 4.24. The largest absolute Gasteiger partial charge is 0.374 e. The van der Waals surface area contributed by atoms with Crippen molar-refractivity contribution in [3.05, 3.63) is 0 Å². The molecule has 0 aromatic heterocycles. The van der Waals surface area contributed by atoms with E-state index < -0.39 is 5.38 Å². The van der Waals surface area contributed by atoms with Crippen LogP contribution in [-0.4, -0.2) is 41.5 Å². The van der Waals surface area contributed by atoms with Crippen molar-refractivity contribution >= 4 is 17.5 Å². The highest BCUT2D eigenvalue weighted by atomic mass is 35.5. The molecular formula is C8H12ClNO2. The Balaban J connectivity index is 2.02. The van der Waals surface area contributed by atoms with Gasteiger partial charge in [0.1, 0.15) is 5.38 Å². The van der Waals surface area contributed by atoms with E-state index in [9.17, 15) is 4.79 Å². The summed E-state index contributed by atoms with van der Waals surface area (Å²) in [5.74, 6) is 0.0486. The van der Waals surface area contributed by atoms with E-state index >= 15 is 0 Å². The van der Waals surface area contributed by atoms with Crippen LogP contribution in [0.25, 0.3) is 0 Å². The molecule has 3 atom stereocenters. The molecule has 2 rings (SSSR count). The van der Waals surface area contributed by atoms with Crippen molar-refractivity contribution in [2.24, 2.45) is 0 Å². The fourth-order valence-corrected chi connectivity index (χ4v) is 2.02. The van der Waals surface area contributed by atoms with Gasteiger partial charge in [0.05, 0.1) is 18.8 Å². The lowest BCUT2D eigenvalue weighted by molar-refractivity contribution is -0.134. The lowest BCUT2D eigenvalue weighted by Crippen LogP contribution is -2.44. The van der Waals surface area contributed by atoms with Crippen LogP contribution in [0.4, 0.5) is 0 Å². The zero-order valence-electron chi connectivity index (χ0n) is 7.00. The summed E-state index contributed by atoms with van der Waals surface area (Å²) in [4.78, 5) is 13.3. The first kappa shape index (κ1) is 8.32. The molecule has 2 aliphatic heterocycles. The third-order valence-corrected chi connectivity index (χ3v) is 2.71. The predicted octanol–water partition coefficient (Wildman–Crippen LogP) is 0.613. The van der Waals surface area contributed by atoms with Gasteiger partial charge >= 0.3 is 0 Å². The van der Waals surface area contributed by atoms with Crippen LogP contribution < -0.4 is 0 Å². The number of halogens is 1. The van der Waals surface area contributed by atoms with Crippen LogP contribution in [-0.2, 0) is 9.53 Å². The number of morpholine rings is 1. The highest BCUT2D eigenvalue weighted by Gasteiger charge is 2.42. The number of carbonyl (C=O) groups excluding carboxylic acids is 1. The van der Waals surface area contributed by atoms with E-state index in [0.717, 1.165) is 13.0 Å². The van der Waals surface area contributed by atoms with Crippen LogP contribution in [0.15, 0.2) is 0 Å². The van der Waals surface area contributed by atoms with Crippen LogP contribution in [0.3, 0.4) is 0 Å². The van der Waals surface area contributed by atoms with Gasteiger partial charge in [-0.3, -0.25) is 4.79 Å². The minimum atomic E-state index is -0.399. The van der Waals surface area contributed by atoms with Crippen LogP contribution in [0.1, 0.15) is 13.3 Å². The van der Waals surface area contributed by atoms with E-state index in [4.69, 9.17) is 16.3 Å². The van der Waals surface area contributed by atoms with E-state index in [1.807, 2.05) is 4.90 Å². The van der Waals surface area contributed by atoms with Gasteiger partial charge in [-0.25, -0.2) is 0 Å². The summed E-state index contributed by atoms with van der Waals surface area (Å²) < 4.78 is 5.38. The summed E-state index contributed by atoms with van der Waals surface area (Å²) in [6.45, 7) is 3.15. The van der Waals surface area contributed by atoms with E-state index in [-0.39, 0.29) is 12.0 Å². The Morgan fingerprint density at radius 3 is 2.92 bits per heavy atom. The molecule has 1 amide bonds. The molecule has 68 valence electrons. The number of nitrogens with zero attached hydrogens (tertiary/aromatic N) is 1. The number of amides is 1. The summed E-state index contributed by atoms with van der Waals surface area (Å²) in [5.41, 5.74) is 0. The summed E-state index contributed by atoms with van der Waals surface area (Å²) in [5, 5.41) is -0.399. The maximum Gasteiger partial charge on any atom is 0.240 e. The van der Waals surface area contributed by atoms with Gasteiger partial charge in [0.15, 0.2) is 0 Å². The van der Waals surface area contributed by atoms with Crippen molar-refractivity contribution in [2.75, 3.05) is 13.2 Å². The third kappa shape index (κ3) is 1.21. The first-order chi connectivity index (χ1) is 5.68. The second-order valence-electron chi connectivity index (χ2n) is 3.45. The molecule has 0 aromatic carbocycles. The summed E-state index contributed by atoms with van der Waals surface area (Å²) >= 11 is 5.71. The molecule has 2 fully saturated rings. The molecule has 2 heterocycles. The van der Waals surface area contributed by atoms with Crippen molar-refractivity contribution in [3.8, 4) is 0 Å². The van der Waals surface area contributed by atoms with Crippen molar-refractivity contribution in [1.82, 2.24) is 4.90 Å². The number of rotatable bonds is 1. The van der Waals surface area contributed by atoms with Crippen molar-refractivity contribution < 1.29 is 9.53 Å². The maximum atomic E-state index is 11.5. The smallest absolute Gasteiger partial charge is 0.240 e. The van der Waals surface area contributed by atoms with Gasteiger partial charge in [-0.2, -0.15) is 0 Å². The molecule has 0 aromatic rings. The fourth-order valence-electron chi connectivity index (χ4n) is 1.90. The molecule has 2 saturated heterocycles. The number of ether oxygens (including phenoxy) is 1. The minimum Gasteiger partial charge on any atom is -0.374 e. The molecule has 0 radical (unpaired) electrons. The topological polar surface area (TPSA) is 29.5 Å². The van der Waals surface area contributed by atoms with E-state index in [1.54, 1.807) is 6.92 Å². The number of carbonyl (C=O) groups is 1. The second-order valence-corrected chi connectivity index (χ2v) is 4.11. The standard InChI is InChI=1S/C8H12ClNO2/c1-5(9)8(11)10-3-7-2-6(10)4-12-7/h5-7H,2-4H2,1H3/t5-,6-,7+/m0/s1. The quantitative estimate of drug-likeness (QED) is 0.566. The van der Waals surface area contributed by atoms with Gasteiger partial charge in [0.2, 0.25) is 5.91 Å². The molecule has 12 heavy (non-hydrogen) atoms. The number of alkyl halides is 1. The van der Waals surface area contributed by atoms with Gasteiger partial charge < -0.3 is 9.64 Å². The van der Waals surface area contributed by atoms with Gasteiger partial charge in [-0.15, -0.1) is 11.6 Å². The third-order valence-electron chi connectivity index (χ3n) is 2.52. The Bertz CT molecular complexity index is 207. The molecule has 0 aliphatic carbocycles. The first-order valence-corrected chi connectivity index (χ1v) is 4.68. The Kier molecular flexibility index (Phi) is 2.00. The Morgan fingerprint density at radius 1 is 1.75 bits per heavy atom. The predicted molar refractivity (Wildman–Crippen MR) is 45.2 cm³/mol. The monoisotopic (exact) mass is 189 g/mol. The Labute approximate surface area is 76.6 Å². The van der Waals surface area contributed by atoms with Crippen LogP contribution in [0.5, 0.6) is 0 Å². The molecule has 4 heteroatoms. The van der Waals surface area contributed by atoms with Crippen LogP contribution in [0.2, 0.25) is 0 Å². The van der Waals surface area contributed by atoms with E-state index in [0.29, 0.717) is 12.6 Å². The lowest BCUT2D eigenvalue weighted by Gasteiger charge is -2.27. The number of likely N-dealkylation sites (tertiary alicyclic amines) is 1. The van der Waals surface area contributed by atoms with E-state index in [1.165, 1.54) is 0 Å². The van der Waals surface area contributed by atoms with Crippen LogP contribution in [0, 0.1) is 0 Å². The summed E-state index contributed by atoms with van der Waals surface area (Å²) in [6, 6.07) is 0.295.